The predicted octanol–water partition coefficient (Wildman–Crippen LogP) is 3.88. The molecular formula is C21H23N3O4. The topological polar surface area (TPSA) is 83.4 Å². The van der Waals surface area contributed by atoms with Crippen molar-refractivity contribution in [2.24, 2.45) is 0 Å². The molecule has 0 saturated carbocycles. The second kappa shape index (κ2) is 9.12. The van der Waals surface area contributed by atoms with Crippen LogP contribution in [0.4, 0.5) is 0 Å². The molecule has 0 amide bonds. The van der Waals surface area contributed by atoms with E-state index in [0.717, 1.165) is 40.8 Å². The fraction of sp³-hybridized carbons (Fsp3) is 0.333. The molecule has 3 aromatic rings. The molecule has 0 radical (unpaired) electrons. The Morgan fingerprint density at radius 3 is 2.57 bits per heavy atom. The number of pyridine rings is 1. The molecule has 0 spiro atoms. The third-order valence-corrected chi connectivity index (χ3v) is 4.31. The largest absolute Gasteiger partial charge is 0.493 e. The van der Waals surface area contributed by atoms with E-state index in [0.29, 0.717) is 6.61 Å². The Morgan fingerprint density at radius 2 is 1.86 bits per heavy atom. The molecule has 7 nitrogen and oxygen atoms in total. The van der Waals surface area contributed by atoms with Crippen molar-refractivity contribution in [3.05, 3.63) is 53.5 Å². The summed E-state index contributed by atoms with van der Waals surface area (Å²) >= 11 is 0. The Kier molecular flexibility index (Phi) is 6.37. The molecule has 0 unspecified atom stereocenters. The molecule has 0 aliphatic heterocycles. The summed E-state index contributed by atoms with van der Waals surface area (Å²) in [6.45, 7) is 4.95. The summed E-state index contributed by atoms with van der Waals surface area (Å²) in [5.74, 6) is 0.340. The third-order valence-electron chi connectivity index (χ3n) is 4.31. The summed E-state index contributed by atoms with van der Waals surface area (Å²) in [4.78, 5) is 24.2. The van der Waals surface area contributed by atoms with Gasteiger partial charge in [0.05, 0.1) is 30.5 Å². The lowest BCUT2D eigenvalue weighted by atomic mass is 10.1. The number of carbonyl (C=O) groups is 1. The minimum absolute atomic E-state index is 0.162. The zero-order valence-corrected chi connectivity index (χ0v) is 16.3. The van der Waals surface area contributed by atoms with Crippen LogP contribution in [0.3, 0.4) is 0 Å². The van der Waals surface area contributed by atoms with Crippen LogP contribution in [-0.2, 0) is 11.3 Å². The van der Waals surface area contributed by atoms with Gasteiger partial charge in [0.1, 0.15) is 12.4 Å². The second-order valence-corrected chi connectivity index (χ2v) is 6.27. The van der Waals surface area contributed by atoms with Gasteiger partial charge in [-0.15, -0.1) is 0 Å². The smallest absolute Gasteiger partial charge is 0.341 e. The maximum Gasteiger partial charge on any atom is 0.341 e. The number of esters is 1. The van der Waals surface area contributed by atoms with Crippen molar-refractivity contribution in [2.75, 3.05) is 13.7 Å². The molecule has 0 N–H and O–H groups in total. The SMILES string of the molecule is CCCCOc1c(C)c(COc2ncc(C(=O)OC)cn2)nc2ccccc12. The first-order chi connectivity index (χ1) is 13.6. The van der Waals surface area contributed by atoms with E-state index in [1.165, 1.54) is 19.5 Å². The molecule has 3 rings (SSSR count). The maximum atomic E-state index is 11.5. The van der Waals surface area contributed by atoms with E-state index in [1.807, 2.05) is 31.2 Å². The molecule has 2 heterocycles. The number of para-hydroxylation sites is 1. The number of ether oxygens (including phenoxy) is 3. The van der Waals surface area contributed by atoms with Gasteiger partial charge in [0.15, 0.2) is 0 Å². The zero-order valence-electron chi connectivity index (χ0n) is 16.3. The summed E-state index contributed by atoms with van der Waals surface area (Å²) in [7, 11) is 1.31. The molecule has 2 aromatic heterocycles. The molecule has 146 valence electrons. The van der Waals surface area contributed by atoms with Crippen molar-refractivity contribution in [1.29, 1.82) is 0 Å². The Labute approximate surface area is 163 Å². The summed E-state index contributed by atoms with van der Waals surface area (Å²) in [5, 5.41) is 0.985. The molecule has 0 atom stereocenters. The standard InChI is InChI=1S/C21H23N3O4/c1-4-5-10-27-19-14(2)18(24-17-9-7-6-8-16(17)19)13-28-21-22-11-15(12-23-21)20(25)26-3/h6-9,11-12H,4-5,10,13H2,1-3H3. The zero-order chi connectivity index (χ0) is 19.9. The first-order valence-corrected chi connectivity index (χ1v) is 9.18. The highest BCUT2D eigenvalue weighted by Crippen LogP contribution is 2.31. The number of aromatic nitrogens is 3. The van der Waals surface area contributed by atoms with E-state index < -0.39 is 5.97 Å². The summed E-state index contributed by atoms with van der Waals surface area (Å²) < 4.78 is 16.4. The number of benzene rings is 1. The first kappa shape index (κ1) is 19.5. The van der Waals surface area contributed by atoms with Crippen molar-refractivity contribution < 1.29 is 19.0 Å². The number of hydrogen-bond acceptors (Lipinski definition) is 7. The molecule has 7 heteroatoms. The lowest BCUT2D eigenvalue weighted by molar-refractivity contribution is 0.0599. The van der Waals surface area contributed by atoms with Gasteiger partial charge in [0.2, 0.25) is 0 Å². The van der Waals surface area contributed by atoms with Gasteiger partial charge in [-0.25, -0.2) is 19.7 Å². The lowest BCUT2D eigenvalue weighted by Crippen LogP contribution is -2.08. The van der Waals surface area contributed by atoms with E-state index in [4.69, 9.17) is 14.5 Å². The van der Waals surface area contributed by atoms with Gasteiger partial charge in [0.25, 0.3) is 0 Å². The normalized spacial score (nSPS) is 10.7. The van der Waals surface area contributed by atoms with Crippen LogP contribution in [0.2, 0.25) is 0 Å². The fourth-order valence-corrected chi connectivity index (χ4v) is 2.72. The molecule has 0 bridgehead atoms. The summed E-state index contributed by atoms with van der Waals surface area (Å²) in [5.41, 5.74) is 2.80. The van der Waals surface area contributed by atoms with Gasteiger partial charge < -0.3 is 14.2 Å². The molecular weight excluding hydrogens is 358 g/mol. The molecule has 0 aliphatic carbocycles. The number of methoxy groups -OCH3 is 1. The third kappa shape index (κ3) is 4.36. The van der Waals surface area contributed by atoms with Crippen molar-refractivity contribution in [1.82, 2.24) is 15.0 Å². The average Bonchev–Trinajstić information content (AvgIpc) is 2.74. The number of nitrogens with zero attached hydrogens (tertiary/aromatic N) is 3. The van der Waals surface area contributed by atoms with E-state index in [2.05, 4.69) is 21.6 Å². The Balaban J connectivity index is 1.82. The van der Waals surface area contributed by atoms with Gasteiger partial charge in [-0.1, -0.05) is 25.5 Å². The van der Waals surface area contributed by atoms with Gasteiger partial charge >= 0.3 is 12.0 Å². The summed E-state index contributed by atoms with van der Waals surface area (Å²) in [6.07, 6.45) is 4.79. The van der Waals surface area contributed by atoms with Crippen molar-refractivity contribution in [3.63, 3.8) is 0 Å². The molecule has 28 heavy (non-hydrogen) atoms. The van der Waals surface area contributed by atoms with Crippen LogP contribution in [-0.4, -0.2) is 34.6 Å². The number of hydrogen-bond donors (Lipinski definition) is 0. The number of fused-ring (bicyclic) bond motifs is 1. The molecule has 0 aliphatic rings. The van der Waals surface area contributed by atoms with Crippen LogP contribution in [0.25, 0.3) is 10.9 Å². The average molecular weight is 381 g/mol. The van der Waals surface area contributed by atoms with Crippen LogP contribution >= 0.6 is 0 Å². The van der Waals surface area contributed by atoms with E-state index >= 15 is 0 Å². The van der Waals surface area contributed by atoms with Gasteiger partial charge in [-0.3, -0.25) is 0 Å². The Hall–Kier alpha value is -3.22. The quantitative estimate of drug-likeness (QED) is 0.432. The number of rotatable bonds is 8. The van der Waals surface area contributed by atoms with Crippen molar-refractivity contribution in [3.8, 4) is 11.8 Å². The van der Waals surface area contributed by atoms with Crippen LogP contribution in [0.1, 0.15) is 41.4 Å². The second-order valence-electron chi connectivity index (χ2n) is 6.27. The van der Waals surface area contributed by atoms with E-state index in [9.17, 15) is 4.79 Å². The number of carbonyl (C=O) groups excluding carboxylic acids is 1. The first-order valence-electron chi connectivity index (χ1n) is 9.18. The van der Waals surface area contributed by atoms with Crippen molar-refractivity contribution >= 4 is 16.9 Å². The molecule has 1 aromatic carbocycles. The lowest BCUT2D eigenvalue weighted by Gasteiger charge is -2.15. The summed E-state index contributed by atoms with van der Waals surface area (Å²) in [6, 6.07) is 8.04. The molecule has 0 saturated heterocycles. The Bertz CT molecular complexity index is 958. The van der Waals surface area contributed by atoms with Gasteiger partial charge in [-0.05, 0) is 25.5 Å². The fourth-order valence-electron chi connectivity index (χ4n) is 2.72. The highest BCUT2D eigenvalue weighted by molar-refractivity contribution is 5.88. The van der Waals surface area contributed by atoms with Gasteiger partial charge in [0, 0.05) is 23.3 Å². The monoisotopic (exact) mass is 381 g/mol. The van der Waals surface area contributed by atoms with Crippen LogP contribution < -0.4 is 9.47 Å². The molecule has 0 fully saturated rings. The van der Waals surface area contributed by atoms with Crippen molar-refractivity contribution in [2.45, 2.75) is 33.3 Å². The number of unbranched alkanes of at least 4 members (excludes halogenated alkanes) is 1. The maximum absolute atomic E-state index is 11.5. The predicted molar refractivity (Wildman–Crippen MR) is 105 cm³/mol. The van der Waals surface area contributed by atoms with Crippen LogP contribution in [0.5, 0.6) is 11.8 Å². The highest BCUT2D eigenvalue weighted by atomic mass is 16.5. The van der Waals surface area contributed by atoms with E-state index in [-0.39, 0.29) is 18.2 Å². The highest BCUT2D eigenvalue weighted by Gasteiger charge is 2.14. The van der Waals surface area contributed by atoms with E-state index in [1.54, 1.807) is 0 Å². The minimum atomic E-state index is -0.493. The van der Waals surface area contributed by atoms with Crippen LogP contribution in [0, 0.1) is 6.92 Å². The minimum Gasteiger partial charge on any atom is -0.493 e. The Morgan fingerprint density at radius 1 is 1.11 bits per heavy atom. The van der Waals surface area contributed by atoms with Gasteiger partial charge in [-0.2, -0.15) is 0 Å². The van der Waals surface area contributed by atoms with Crippen LogP contribution in [0.15, 0.2) is 36.7 Å².